The Hall–Kier alpha value is -3.29. The number of nitrogens with zero attached hydrogens (tertiary/aromatic N) is 3. The smallest absolute Gasteiger partial charge is 0.321 e. The van der Waals surface area contributed by atoms with E-state index in [4.69, 9.17) is 0 Å². The van der Waals surface area contributed by atoms with Crippen LogP contribution >= 0.6 is 0 Å². The average Bonchev–Trinajstić information content (AvgIpc) is 2.84. The molecule has 0 radical (unpaired) electrons. The fourth-order valence-electron chi connectivity index (χ4n) is 5.34. The van der Waals surface area contributed by atoms with Gasteiger partial charge in [0.25, 0.3) is 0 Å². The minimum atomic E-state index is -0.378. The number of benzene rings is 2. The van der Waals surface area contributed by atoms with Gasteiger partial charge >= 0.3 is 6.03 Å². The Balaban J connectivity index is 1.34. The Bertz CT molecular complexity index is 1120. The Morgan fingerprint density at radius 3 is 2.50 bits per heavy atom. The number of carbonyl (C=O) groups excluding carboxylic acids is 1. The van der Waals surface area contributed by atoms with Crippen LogP contribution in [0.1, 0.15) is 24.3 Å². The molecule has 5 rings (SSSR count). The number of halogens is 1. The predicted molar refractivity (Wildman–Crippen MR) is 130 cm³/mol. The van der Waals surface area contributed by atoms with Crippen molar-refractivity contribution in [2.45, 2.75) is 30.8 Å². The van der Waals surface area contributed by atoms with Crippen LogP contribution < -0.4 is 5.32 Å². The number of amides is 2. The average molecular weight is 461 g/mol. The van der Waals surface area contributed by atoms with E-state index in [0.717, 1.165) is 30.5 Å². The zero-order chi connectivity index (χ0) is 23.5. The number of nitrogens with one attached hydrogen (secondary N) is 1. The van der Waals surface area contributed by atoms with Crippen molar-refractivity contribution in [3.63, 3.8) is 0 Å². The predicted octanol–water partition coefficient (Wildman–Crippen LogP) is 4.34. The molecule has 2 aliphatic rings. The molecule has 0 spiro atoms. The van der Waals surface area contributed by atoms with E-state index in [0.29, 0.717) is 18.8 Å². The van der Waals surface area contributed by atoms with Crippen molar-refractivity contribution in [2.75, 3.05) is 31.6 Å². The number of urea groups is 1. The zero-order valence-corrected chi connectivity index (χ0v) is 19.0. The molecule has 2 fully saturated rings. The van der Waals surface area contributed by atoms with Crippen molar-refractivity contribution in [3.05, 3.63) is 84.4 Å². The third-order valence-corrected chi connectivity index (χ3v) is 7.04. The number of anilines is 1. The van der Waals surface area contributed by atoms with E-state index in [1.807, 2.05) is 17.0 Å². The number of carbonyl (C=O) groups is 1. The van der Waals surface area contributed by atoms with Crippen LogP contribution in [0.25, 0.3) is 11.1 Å². The lowest BCUT2D eigenvalue weighted by molar-refractivity contribution is -0.0585. The van der Waals surface area contributed by atoms with E-state index < -0.39 is 0 Å². The summed E-state index contributed by atoms with van der Waals surface area (Å²) in [6, 6.07) is 18.4. The molecule has 0 bridgehead atoms. The molecule has 2 aliphatic heterocycles. The summed E-state index contributed by atoms with van der Waals surface area (Å²) in [6.45, 7) is 2.22. The molecular formula is C27H29FN4O2. The van der Waals surface area contributed by atoms with E-state index in [9.17, 15) is 14.3 Å². The number of rotatable bonds is 4. The molecule has 2 N–H and O–H groups in total. The third-order valence-electron chi connectivity index (χ3n) is 7.04. The van der Waals surface area contributed by atoms with E-state index >= 15 is 0 Å². The monoisotopic (exact) mass is 460 g/mol. The van der Waals surface area contributed by atoms with Gasteiger partial charge in [0, 0.05) is 49.2 Å². The second-order valence-electron chi connectivity index (χ2n) is 9.03. The molecule has 0 unspecified atom stereocenters. The van der Waals surface area contributed by atoms with Gasteiger partial charge < -0.3 is 15.3 Å². The Labute approximate surface area is 199 Å². The van der Waals surface area contributed by atoms with Crippen LogP contribution in [0.15, 0.2) is 73.1 Å². The first kappa shape index (κ1) is 22.5. The second kappa shape index (κ2) is 9.91. The van der Waals surface area contributed by atoms with E-state index in [1.165, 1.54) is 17.7 Å². The van der Waals surface area contributed by atoms with Crippen molar-refractivity contribution in [1.82, 2.24) is 14.8 Å². The van der Waals surface area contributed by atoms with Crippen LogP contribution in [-0.4, -0.2) is 64.2 Å². The normalized spacial score (nSPS) is 22.8. The highest BCUT2D eigenvalue weighted by molar-refractivity contribution is 5.89. The van der Waals surface area contributed by atoms with Gasteiger partial charge in [-0.15, -0.1) is 0 Å². The van der Waals surface area contributed by atoms with Gasteiger partial charge in [-0.2, -0.15) is 0 Å². The maximum Gasteiger partial charge on any atom is 0.321 e. The quantitative estimate of drug-likeness (QED) is 0.608. The SMILES string of the molecule is O=C(Nc1cccc(F)c1)N1CCCCN2[C@H](CO)[C@H](c3ccc(-c4ccncc4)cc3)[C@@H]2C1. The van der Waals surface area contributed by atoms with Gasteiger partial charge in [-0.05, 0) is 66.4 Å². The molecule has 2 saturated heterocycles. The number of hydrogen-bond acceptors (Lipinski definition) is 4. The molecule has 2 amide bonds. The standard InChI is InChI=1S/C27H29FN4O2/c28-22-4-3-5-23(16-22)30-27(34)31-14-1-2-15-32-24(17-31)26(25(32)18-33)21-8-6-19(7-9-21)20-10-12-29-13-11-20/h3-13,16,24-26,33H,1-2,14-15,17-18H2,(H,30,34)/t24-,25+,26+/m0/s1. The van der Waals surface area contributed by atoms with Crippen molar-refractivity contribution >= 4 is 11.7 Å². The van der Waals surface area contributed by atoms with Gasteiger partial charge in [-0.25, -0.2) is 9.18 Å². The number of aliphatic hydroxyl groups is 1. The van der Waals surface area contributed by atoms with Gasteiger partial charge in [-0.1, -0.05) is 30.3 Å². The highest BCUT2D eigenvalue weighted by Crippen LogP contribution is 2.42. The maximum atomic E-state index is 13.6. The molecule has 34 heavy (non-hydrogen) atoms. The van der Waals surface area contributed by atoms with E-state index in [-0.39, 0.29) is 36.5 Å². The number of pyridine rings is 1. The molecule has 3 aromatic rings. The zero-order valence-electron chi connectivity index (χ0n) is 19.0. The molecule has 7 heteroatoms. The first-order valence-corrected chi connectivity index (χ1v) is 11.8. The van der Waals surface area contributed by atoms with E-state index in [2.05, 4.69) is 39.5 Å². The van der Waals surface area contributed by atoms with Gasteiger partial charge in [-0.3, -0.25) is 9.88 Å². The Morgan fingerprint density at radius 1 is 1.03 bits per heavy atom. The van der Waals surface area contributed by atoms with Gasteiger partial charge in [0.15, 0.2) is 0 Å². The first-order chi connectivity index (χ1) is 16.6. The molecule has 6 nitrogen and oxygen atoms in total. The van der Waals surface area contributed by atoms with E-state index in [1.54, 1.807) is 24.5 Å². The summed E-state index contributed by atoms with van der Waals surface area (Å²) in [7, 11) is 0. The lowest BCUT2D eigenvalue weighted by Crippen LogP contribution is -2.68. The number of aliphatic hydroxyl groups excluding tert-OH is 1. The fraction of sp³-hybridized carbons (Fsp3) is 0.333. The second-order valence-corrected chi connectivity index (χ2v) is 9.03. The number of aromatic nitrogens is 1. The van der Waals surface area contributed by atoms with Crippen LogP contribution in [-0.2, 0) is 0 Å². The summed E-state index contributed by atoms with van der Waals surface area (Å²) >= 11 is 0. The number of hydrogen-bond donors (Lipinski definition) is 2. The Kier molecular flexibility index (Phi) is 6.56. The molecule has 0 saturated carbocycles. The highest BCUT2D eigenvalue weighted by Gasteiger charge is 2.49. The van der Waals surface area contributed by atoms with Crippen molar-refractivity contribution in [2.24, 2.45) is 0 Å². The maximum absolute atomic E-state index is 13.6. The lowest BCUT2D eigenvalue weighted by atomic mass is 9.74. The molecule has 1 aromatic heterocycles. The van der Waals surface area contributed by atoms with Crippen LogP contribution in [0.2, 0.25) is 0 Å². The molecular weight excluding hydrogens is 431 g/mol. The van der Waals surface area contributed by atoms with Crippen molar-refractivity contribution < 1.29 is 14.3 Å². The largest absolute Gasteiger partial charge is 0.395 e. The summed E-state index contributed by atoms with van der Waals surface area (Å²) in [5.74, 6) is -0.240. The highest BCUT2D eigenvalue weighted by atomic mass is 19.1. The van der Waals surface area contributed by atoms with Gasteiger partial charge in [0.2, 0.25) is 0 Å². The van der Waals surface area contributed by atoms with Gasteiger partial charge in [0.05, 0.1) is 6.61 Å². The molecule has 2 aromatic carbocycles. The van der Waals surface area contributed by atoms with Crippen molar-refractivity contribution in [3.8, 4) is 11.1 Å². The molecule has 3 atom stereocenters. The first-order valence-electron chi connectivity index (χ1n) is 11.8. The minimum Gasteiger partial charge on any atom is -0.395 e. The summed E-state index contributed by atoms with van der Waals surface area (Å²) in [5.41, 5.74) is 3.86. The van der Waals surface area contributed by atoms with Crippen LogP contribution in [0.5, 0.6) is 0 Å². The van der Waals surface area contributed by atoms with Crippen LogP contribution in [0.4, 0.5) is 14.9 Å². The molecule has 176 valence electrons. The Morgan fingerprint density at radius 2 is 1.76 bits per heavy atom. The summed E-state index contributed by atoms with van der Waals surface area (Å²) < 4.78 is 13.6. The van der Waals surface area contributed by atoms with Crippen LogP contribution in [0, 0.1) is 5.82 Å². The summed E-state index contributed by atoms with van der Waals surface area (Å²) in [4.78, 5) is 21.3. The lowest BCUT2D eigenvalue weighted by Gasteiger charge is -2.57. The number of fused-ring (bicyclic) bond motifs is 1. The van der Waals surface area contributed by atoms with Crippen LogP contribution in [0.3, 0.4) is 0 Å². The topological polar surface area (TPSA) is 68.7 Å². The fourth-order valence-corrected chi connectivity index (χ4v) is 5.34. The van der Waals surface area contributed by atoms with Crippen molar-refractivity contribution in [1.29, 1.82) is 0 Å². The summed E-state index contributed by atoms with van der Waals surface area (Å²) in [6.07, 6.45) is 5.42. The van der Waals surface area contributed by atoms with Gasteiger partial charge in [0.1, 0.15) is 5.82 Å². The molecule has 3 heterocycles. The third kappa shape index (κ3) is 4.54. The minimum absolute atomic E-state index is 0.0444. The molecule has 0 aliphatic carbocycles. The summed E-state index contributed by atoms with van der Waals surface area (Å²) in [5, 5.41) is 13.0.